The van der Waals surface area contributed by atoms with Crippen molar-refractivity contribution in [1.82, 2.24) is 0 Å². The van der Waals surface area contributed by atoms with Crippen molar-refractivity contribution in [2.45, 2.75) is 83.7 Å². The van der Waals surface area contributed by atoms with E-state index in [-0.39, 0.29) is 54.8 Å². The number of hydrogen-bond acceptors (Lipinski definition) is 5. The summed E-state index contributed by atoms with van der Waals surface area (Å²) in [6.07, 6.45) is 9.48. The van der Waals surface area contributed by atoms with Crippen molar-refractivity contribution in [1.29, 1.82) is 0 Å². The summed E-state index contributed by atoms with van der Waals surface area (Å²) in [6.45, 7) is 1.94. The molecule has 0 heterocycles. The first-order chi connectivity index (χ1) is 11.1. The molecule has 24 heavy (non-hydrogen) atoms. The van der Waals surface area contributed by atoms with Crippen molar-refractivity contribution in [2.75, 3.05) is 13.7 Å². The van der Waals surface area contributed by atoms with E-state index in [1.807, 2.05) is 0 Å². The Morgan fingerprint density at radius 3 is 1.92 bits per heavy atom. The van der Waals surface area contributed by atoms with E-state index in [9.17, 15) is 14.7 Å². The Bertz CT molecular complexity index is 323. The number of methoxy groups -OCH3 is 1. The quantitative estimate of drug-likeness (QED) is 0.204. The van der Waals surface area contributed by atoms with Crippen molar-refractivity contribution in [3.05, 3.63) is 0 Å². The molecule has 0 saturated heterocycles. The van der Waals surface area contributed by atoms with Gasteiger partial charge in [-0.2, -0.15) is 0 Å². The fraction of sp³-hybridized carbons (Fsp3) is 0.889. The van der Waals surface area contributed by atoms with Crippen molar-refractivity contribution in [3.63, 3.8) is 0 Å². The van der Waals surface area contributed by atoms with Gasteiger partial charge in [-0.25, -0.2) is 0 Å². The van der Waals surface area contributed by atoms with Crippen LogP contribution in [0, 0.1) is 5.92 Å². The van der Waals surface area contributed by atoms with Crippen LogP contribution in [-0.2, 0) is 14.3 Å². The number of aliphatic hydroxyl groups is 2. The Morgan fingerprint density at radius 1 is 0.958 bits per heavy atom. The van der Waals surface area contributed by atoms with Crippen molar-refractivity contribution in [2.24, 2.45) is 5.92 Å². The predicted molar refractivity (Wildman–Crippen MR) is 97.2 cm³/mol. The molecule has 0 aromatic rings. The summed E-state index contributed by atoms with van der Waals surface area (Å²) in [5, 5.41) is 18.7. The first-order valence-electron chi connectivity index (χ1n) is 8.97. The summed E-state index contributed by atoms with van der Waals surface area (Å²) >= 11 is 0. The number of carbonyl (C=O) groups is 2. The zero-order valence-corrected chi connectivity index (χ0v) is 14.8. The number of aliphatic hydroxyl groups excluding tert-OH is 2. The maximum atomic E-state index is 12.1. The van der Waals surface area contributed by atoms with Gasteiger partial charge in [0.2, 0.25) is 0 Å². The second kappa shape index (κ2) is 17.9. The summed E-state index contributed by atoms with van der Waals surface area (Å²) in [6, 6.07) is 0. The van der Waals surface area contributed by atoms with Crippen LogP contribution < -0.4 is 0 Å². The van der Waals surface area contributed by atoms with Gasteiger partial charge in [0, 0.05) is 13.0 Å². The number of Topliss-reactive ketones (excluding diaryl/α,β-unsaturated/α-hetero) is 1. The van der Waals surface area contributed by atoms with Gasteiger partial charge in [0.1, 0.15) is 11.7 Å². The fourth-order valence-electron chi connectivity index (χ4n) is 2.69. The monoisotopic (exact) mass is 354 g/mol. The van der Waals surface area contributed by atoms with Crippen LogP contribution in [0.4, 0.5) is 0 Å². The Morgan fingerprint density at radius 2 is 1.46 bits per heavy atom. The van der Waals surface area contributed by atoms with E-state index in [1.165, 1.54) is 45.6 Å². The van der Waals surface area contributed by atoms with Crippen LogP contribution in [0.2, 0.25) is 0 Å². The van der Waals surface area contributed by atoms with E-state index in [2.05, 4.69) is 11.7 Å². The Hall–Kier alpha value is 0.0600. The van der Waals surface area contributed by atoms with E-state index < -0.39 is 18.0 Å². The second-order valence-corrected chi connectivity index (χ2v) is 6.13. The minimum atomic E-state index is -1.17. The molecule has 0 aromatic carbocycles. The van der Waals surface area contributed by atoms with Crippen LogP contribution in [0.1, 0.15) is 77.6 Å². The summed E-state index contributed by atoms with van der Waals surface area (Å²) < 4.78 is 4.59. The average Bonchev–Trinajstić information content (AvgIpc) is 2.53. The molecule has 138 valence electrons. The Labute approximate surface area is 168 Å². The molecule has 0 rings (SSSR count). The molecule has 2 atom stereocenters. The van der Waals surface area contributed by atoms with Crippen molar-refractivity contribution in [3.8, 4) is 0 Å². The number of unbranched alkanes of at least 4 members (excludes halogenated alkanes) is 8. The number of ketones is 1. The molecule has 0 aliphatic heterocycles. The van der Waals surface area contributed by atoms with Crippen molar-refractivity contribution < 1.29 is 24.5 Å². The average molecular weight is 354 g/mol. The topological polar surface area (TPSA) is 83.8 Å². The summed E-state index contributed by atoms with van der Waals surface area (Å²) in [4.78, 5) is 23.8. The van der Waals surface area contributed by atoms with Crippen LogP contribution in [0.25, 0.3) is 0 Å². The van der Waals surface area contributed by atoms with Gasteiger partial charge in [-0.15, -0.1) is 0 Å². The molecular formula is C18H35NaO5. The third-order valence-electron chi connectivity index (χ3n) is 4.14. The molecule has 6 heteroatoms. The zero-order valence-electron chi connectivity index (χ0n) is 14.8. The maximum absolute atomic E-state index is 12.1. The molecule has 2 N–H and O–H groups in total. The standard InChI is InChI=1S/C18H34O5.Na.H/c1-3-4-5-6-7-8-9-10-11-12-15(20)17(18(22)23-2)16(21)13-14-19;;/h16-17,19,21H,3-14H2,1-2H3;;. The molecule has 0 aliphatic rings. The van der Waals surface area contributed by atoms with Gasteiger partial charge in [0.25, 0.3) is 0 Å². The zero-order chi connectivity index (χ0) is 17.5. The summed E-state index contributed by atoms with van der Waals surface area (Å²) in [7, 11) is 1.20. The third-order valence-corrected chi connectivity index (χ3v) is 4.14. The summed E-state index contributed by atoms with van der Waals surface area (Å²) in [5.74, 6) is -2.17. The second-order valence-electron chi connectivity index (χ2n) is 6.13. The van der Waals surface area contributed by atoms with E-state index >= 15 is 0 Å². The molecule has 0 radical (unpaired) electrons. The molecule has 0 spiro atoms. The molecule has 0 bridgehead atoms. The van der Waals surface area contributed by atoms with Crippen LogP contribution in [0.3, 0.4) is 0 Å². The van der Waals surface area contributed by atoms with Crippen LogP contribution in [-0.4, -0.2) is 71.3 Å². The van der Waals surface area contributed by atoms with E-state index in [0.717, 1.165) is 19.3 Å². The molecular weight excluding hydrogens is 319 g/mol. The van der Waals surface area contributed by atoms with E-state index in [0.29, 0.717) is 0 Å². The molecule has 0 fully saturated rings. The molecule has 0 saturated carbocycles. The predicted octanol–water partition coefficient (Wildman–Crippen LogP) is 2.36. The number of esters is 1. The van der Waals surface area contributed by atoms with Gasteiger partial charge >= 0.3 is 35.5 Å². The van der Waals surface area contributed by atoms with Gasteiger partial charge in [-0.1, -0.05) is 58.3 Å². The molecule has 0 amide bonds. The van der Waals surface area contributed by atoms with Gasteiger partial charge in [-0.05, 0) is 12.8 Å². The first kappa shape index (κ1) is 26.3. The molecule has 0 aromatic heterocycles. The van der Waals surface area contributed by atoms with Crippen LogP contribution >= 0.6 is 0 Å². The first-order valence-corrected chi connectivity index (χ1v) is 8.97. The Kier molecular flexibility index (Phi) is 19.6. The van der Waals surface area contributed by atoms with Gasteiger partial charge in [0.05, 0.1) is 13.2 Å². The van der Waals surface area contributed by atoms with Gasteiger partial charge in [0.15, 0.2) is 0 Å². The van der Waals surface area contributed by atoms with Crippen LogP contribution in [0.5, 0.6) is 0 Å². The van der Waals surface area contributed by atoms with Crippen molar-refractivity contribution >= 4 is 41.3 Å². The number of hydrogen-bond donors (Lipinski definition) is 2. The molecule has 2 unspecified atom stereocenters. The molecule has 0 aliphatic carbocycles. The van der Waals surface area contributed by atoms with E-state index in [1.54, 1.807) is 0 Å². The Balaban J connectivity index is 0. The minimum absolute atomic E-state index is 0. The number of rotatable bonds is 15. The van der Waals surface area contributed by atoms with Gasteiger partial charge < -0.3 is 14.9 Å². The summed E-state index contributed by atoms with van der Waals surface area (Å²) in [5.41, 5.74) is 0. The van der Waals surface area contributed by atoms with E-state index in [4.69, 9.17) is 5.11 Å². The number of carbonyl (C=O) groups excluding carboxylic acids is 2. The number of ether oxygens (including phenoxy) is 1. The van der Waals surface area contributed by atoms with Gasteiger partial charge in [-0.3, -0.25) is 9.59 Å². The SMILES string of the molecule is CCCCCCCCCCCC(=O)C(C(=O)OC)C(O)CCO.[NaH]. The normalized spacial score (nSPS) is 13.0. The fourth-order valence-corrected chi connectivity index (χ4v) is 2.69. The van der Waals surface area contributed by atoms with Crippen LogP contribution in [0.15, 0.2) is 0 Å². The third kappa shape index (κ3) is 12.4. The molecule has 5 nitrogen and oxygen atoms in total.